The Labute approximate surface area is 72.6 Å². The number of carbonyl (C=O) groups excluding carboxylic acids is 1. The lowest BCUT2D eigenvalue weighted by Gasteiger charge is -2.22. The summed E-state index contributed by atoms with van der Waals surface area (Å²) in [5.41, 5.74) is 0. The normalized spacial score (nSPS) is 13.1. The van der Waals surface area contributed by atoms with Crippen LogP contribution in [-0.2, 0) is 9.53 Å². The van der Waals surface area contributed by atoms with E-state index < -0.39 is 31.1 Å². The molecule has 0 saturated heterocycles. The van der Waals surface area contributed by atoms with Gasteiger partial charge in [-0.1, -0.05) is 0 Å². The molecule has 14 heavy (non-hydrogen) atoms. The third-order valence-corrected chi connectivity index (χ3v) is 0.953. The Balaban J connectivity index is 4.68. The van der Waals surface area contributed by atoms with Crippen LogP contribution in [0.25, 0.3) is 0 Å². The van der Waals surface area contributed by atoms with Crippen LogP contribution < -0.4 is 0 Å². The zero-order chi connectivity index (χ0) is 11.6. The lowest BCUT2D eigenvalue weighted by Crippen LogP contribution is -2.45. The summed E-state index contributed by atoms with van der Waals surface area (Å²) < 4.78 is 83.7. The number of halogens is 7. The third-order valence-electron chi connectivity index (χ3n) is 0.953. The quantitative estimate of drug-likeness (QED) is 0.533. The molecule has 0 aliphatic heterocycles. The Hall–Kier alpha value is -1.02. The van der Waals surface area contributed by atoms with Gasteiger partial charge in [0.2, 0.25) is 0 Å². The summed E-state index contributed by atoms with van der Waals surface area (Å²) in [5, 5.41) is 0. The van der Waals surface area contributed by atoms with Crippen molar-refractivity contribution in [1.29, 1.82) is 0 Å². The first-order valence-electron chi connectivity index (χ1n) is 2.98. The van der Waals surface area contributed by atoms with Gasteiger partial charge in [-0.2, -0.15) is 26.3 Å². The molecule has 0 unspecified atom stereocenters. The van der Waals surface area contributed by atoms with Crippen molar-refractivity contribution in [3.8, 4) is 0 Å². The maximum atomic E-state index is 11.6. The average Bonchev–Trinajstić information content (AvgIpc) is 1.95. The Morgan fingerprint density at radius 1 is 1.07 bits per heavy atom. The molecule has 84 valence electrons. The molecule has 0 aromatic heterocycles. The molecule has 0 rings (SSSR count). The summed E-state index contributed by atoms with van der Waals surface area (Å²) in [7, 11) is 0. The highest BCUT2D eigenvalue weighted by atomic mass is 19.4. The van der Waals surface area contributed by atoms with Crippen LogP contribution in [0.4, 0.5) is 30.7 Å². The first-order chi connectivity index (χ1) is 6.09. The molecule has 0 aromatic rings. The summed E-state index contributed by atoms with van der Waals surface area (Å²) in [6.45, 7) is -2.05. The fourth-order valence-corrected chi connectivity index (χ4v) is 0.482. The molecule has 0 spiro atoms. The first-order valence-corrected chi connectivity index (χ1v) is 2.98. The van der Waals surface area contributed by atoms with E-state index >= 15 is 0 Å². The SMILES string of the molecule is O=C(CF)OC(C(F)(F)F)C(F)(F)F. The molecule has 0 N–H and O–H groups in total. The summed E-state index contributed by atoms with van der Waals surface area (Å²) in [5.74, 6) is -2.22. The van der Waals surface area contributed by atoms with Gasteiger partial charge in [0.25, 0.3) is 6.10 Å². The molecule has 0 fully saturated rings. The average molecular weight is 228 g/mol. The van der Waals surface area contributed by atoms with E-state index in [9.17, 15) is 35.5 Å². The standard InChI is InChI=1S/C5H3F7O2/c6-1-2(13)14-3(4(7,8)9)5(10,11)12/h3H,1H2. The van der Waals surface area contributed by atoms with Crippen LogP contribution in [0.1, 0.15) is 0 Å². The van der Waals surface area contributed by atoms with Crippen molar-refractivity contribution in [2.24, 2.45) is 0 Å². The molecular weight excluding hydrogens is 225 g/mol. The number of rotatable bonds is 2. The van der Waals surface area contributed by atoms with Crippen molar-refractivity contribution in [3.63, 3.8) is 0 Å². The highest BCUT2D eigenvalue weighted by molar-refractivity contribution is 5.70. The highest BCUT2D eigenvalue weighted by Crippen LogP contribution is 2.35. The maximum absolute atomic E-state index is 11.6. The van der Waals surface area contributed by atoms with Gasteiger partial charge in [-0.25, -0.2) is 9.18 Å². The Morgan fingerprint density at radius 2 is 1.43 bits per heavy atom. The van der Waals surface area contributed by atoms with Gasteiger partial charge < -0.3 is 4.74 Å². The van der Waals surface area contributed by atoms with Gasteiger partial charge in [-0.05, 0) is 0 Å². The molecule has 0 saturated carbocycles. The van der Waals surface area contributed by atoms with Crippen molar-refractivity contribution in [2.75, 3.05) is 6.67 Å². The summed E-state index contributed by atoms with van der Waals surface area (Å²) in [4.78, 5) is 9.92. The van der Waals surface area contributed by atoms with Crippen LogP contribution in [0.15, 0.2) is 0 Å². The van der Waals surface area contributed by atoms with Crippen molar-refractivity contribution >= 4 is 5.97 Å². The van der Waals surface area contributed by atoms with Crippen molar-refractivity contribution in [1.82, 2.24) is 0 Å². The fraction of sp³-hybridized carbons (Fsp3) is 0.800. The molecule has 0 aliphatic carbocycles. The van der Waals surface area contributed by atoms with Crippen LogP contribution in [0, 0.1) is 0 Å². The monoisotopic (exact) mass is 228 g/mol. The summed E-state index contributed by atoms with van der Waals surface area (Å²) in [6, 6.07) is 0. The van der Waals surface area contributed by atoms with Crippen molar-refractivity contribution in [2.45, 2.75) is 18.5 Å². The minimum absolute atomic E-state index is 2.05. The van der Waals surface area contributed by atoms with E-state index in [1.165, 1.54) is 0 Å². The number of ether oxygens (including phenoxy) is 1. The fourth-order valence-electron chi connectivity index (χ4n) is 0.482. The van der Waals surface area contributed by atoms with E-state index in [1.54, 1.807) is 0 Å². The predicted octanol–water partition coefficient (Wildman–Crippen LogP) is 1.99. The van der Waals surface area contributed by atoms with E-state index in [0.717, 1.165) is 0 Å². The number of alkyl halides is 7. The number of esters is 1. The molecule has 9 heteroatoms. The Morgan fingerprint density at radius 3 is 1.64 bits per heavy atom. The first kappa shape index (κ1) is 13.0. The molecule has 0 heterocycles. The van der Waals surface area contributed by atoms with Gasteiger partial charge in [0.1, 0.15) is 0 Å². The smallest absolute Gasteiger partial charge is 0.434 e. The number of hydrogen-bond acceptors (Lipinski definition) is 2. The van der Waals surface area contributed by atoms with Crippen LogP contribution in [-0.4, -0.2) is 31.1 Å². The molecule has 0 aromatic carbocycles. The Kier molecular flexibility index (Phi) is 3.72. The Bertz CT molecular complexity index is 191. The molecule has 0 atom stereocenters. The van der Waals surface area contributed by atoms with E-state index in [4.69, 9.17) is 0 Å². The summed E-state index contributed by atoms with van der Waals surface area (Å²) in [6.07, 6.45) is -15.9. The minimum atomic E-state index is -5.80. The second-order valence-corrected chi connectivity index (χ2v) is 2.09. The second kappa shape index (κ2) is 4.01. The lowest BCUT2D eigenvalue weighted by atomic mass is 10.3. The van der Waals surface area contributed by atoms with Crippen LogP contribution in [0.3, 0.4) is 0 Å². The molecular formula is C5H3F7O2. The zero-order valence-corrected chi connectivity index (χ0v) is 6.25. The topological polar surface area (TPSA) is 26.3 Å². The maximum Gasteiger partial charge on any atom is 0.434 e. The molecule has 0 aliphatic rings. The minimum Gasteiger partial charge on any atom is -0.441 e. The lowest BCUT2D eigenvalue weighted by molar-refractivity contribution is -0.313. The van der Waals surface area contributed by atoms with Gasteiger partial charge in [0, 0.05) is 0 Å². The van der Waals surface area contributed by atoms with Gasteiger partial charge in [-0.3, -0.25) is 0 Å². The van der Waals surface area contributed by atoms with E-state index in [-0.39, 0.29) is 0 Å². The van der Waals surface area contributed by atoms with Crippen LogP contribution >= 0.6 is 0 Å². The van der Waals surface area contributed by atoms with Crippen molar-refractivity contribution < 1.29 is 40.3 Å². The van der Waals surface area contributed by atoms with Crippen LogP contribution in [0.2, 0.25) is 0 Å². The van der Waals surface area contributed by atoms with Crippen LogP contribution in [0.5, 0.6) is 0 Å². The molecule has 0 amide bonds. The van der Waals surface area contributed by atoms with Gasteiger partial charge in [-0.15, -0.1) is 0 Å². The van der Waals surface area contributed by atoms with Gasteiger partial charge in [0.15, 0.2) is 6.67 Å². The highest BCUT2D eigenvalue weighted by Gasteiger charge is 2.59. The number of carbonyl (C=O) groups is 1. The third kappa shape index (κ3) is 3.79. The van der Waals surface area contributed by atoms with Crippen molar-refractivity contribution in [3.05, 3.63) is 0 Å². The zero-order valence-electron chi connectivity index (χ0n) is 6.25. The van der Waals surface area contributed by atoms with E-state index in [2.05, 4.69) is 4.74 Å². The molecule has 0 bridgehead atoms. The molecule has 0 radical (unpaired) electrons. The molecule has 2 nitrogen and oxygen atoms in total. The van der Waals surface area contributed by atoms with Gasteiger partial charge >= 0.3 is 18.3 Å². The number of hydrogen-bond donors (Lipinski definition) is 0. The van der Waals surface area contributed by atoms with E-state index in [1.807, 2.05) is 0 Å². The van der Waals surface area contributed by atoms with E-state index in [0.29, 0.717) is 0 Å². The summed E-state index contributed by atoms with van der Waals surface area (Å²) >= 11 is 0. The predicted molar refractivity (Wildman–Crippen MR) is 28.0 cm³/mol. The largest absolute Gasteiger partial charge is 0.441 e. The second-order valence-electron chi connectivity index (χ2n) is 2.09. The van der Waals surface area contributed by atoms with Gasteiger partial charge in [0.05, 0.1) is 0 Å².